The summed E-state index contributed by atoms with van der Waals surface area (Å²) in [4.78, 5) is 2.58. The lowest BCUT2D eigenvalue weighted by molar-refractivity contribution is 0.0977. The minimum absolute atomic E-state index is 0.545. The second-order valence-electron chi connectivity index (χ2n) is 5.49. The summed E-state index contributed by atoms with van der Waals surface area (Å²) in [6.45, 7) is 4.45. The van der Waals surface area contributed by atoms with Crippen molar-refractivity contribution in [3.8, 4) is 0 Å². The van der Waals surface area contributed by atoms with Crippen LogP contribution in [0.4, 0.5) is 0 Å². The summed E-state index contributed by atoms with van der Waals surface area (Å²) in [5.74, 6) is 2.22. The molecule has 0 aromatic heterocycles. The first-order valence-corrected chi connectivity index (χ1v) is 7.83. The zero-order valence-electron chi connectivity index (χ0n) is 11.8. The van der Waals surface area contributed by atoms with E-state index in [4.69, 9.17) is 4.74 Å². The number of ether oxygens (including phenoxy) is 1. The van der Waals surface area contributed by atoms with Crippen LogP contribution in [0.5, 0.6) is 0 Å². The van der Waals surface area contributed by atoms with Gasteiger partial charge in [-0.2, -0.15) is 12.6 Å². The molecule has 1 aromatic carbocycles. The molecule has 1 saturated heterocycles. The zero-order chi connectivity index (χ0) is 13.5. The Labute approximate surface area is 122 Å². The number of likely N-dealkylation sites (tertiary alicyclic amines) is 1. The van der Waals surface area contributed by atoms with Gasteiger partial charge in [0.15, 0.2) is 0 Å². The van der Waals surface area contributed by atoms with E-state index < -0.39 is 0 Å². The molecular formula is C16H25NOS. The summed E-state index contributed by atoms with van der Waals surface area (Å²) < 4.78 is 5.26. The van der Waals surface area contributed by atoms with E-state index in [-0.39, 0.29) is 0 Å². The normalized spacial score (nSPS) is 19.5. The summed E-state index contributed by atoms with van der Waals surface area (Å²) in [5.41, 5.74) is 1.41. The first-order chi connectivity index (χ1) is 9.33. The second-order valence-corrected chi connectivity index (χ2v) is 5.85. The van der Waals surface area contributed by atoms with Crippen LogP contribution in [-0.2, 0) is 4.74 Å². The van der Waals surface area contributed by atoms with Crippen molar-refractivity contribution >= 4 is 12.6 Å². The molecule has 1 aliphatic rings. The van der Waals surface area contributed by atoms with E-state index in [1.807, 2.05) is 0 Å². The largest absolute Gasteiger partial charge is 0.384 e. The van der Waals surface area contributed by atoms with Gasteiger partial charge in [0.1, 0.15) is 0 Å². The second kappa shape index (κ2) is 7.93. The van der Waals surface area contributed by atoms with Crippen molar-refractivity contribution in [2.24, 2.45) is 5.92 Å². The SMILES string of the molecule is COCC1CCN(CC(CS)c2ccccc2)CC1. The Balaban J connectivity index is 1.84. The van der Waals surface area contributed by atoms with Crippen molar-refractivity contribution in [2.75, 3.05) is 39.1 Å². The maximum atomic E-state index is 5.26. The Kier molecular flexibility index (Phi) is 6.21. The summed E-state index contributed by atoms with van der Waals surface area (Å²) in [5, 5.41) is 0. The first-order valence-electron chi connectivity index (χ1n) is 7.20. The van der Waals surface area contributed by atoms with Crippen molar-refractivity contribution < 1.29 is 4.74 Å². The molecule has 0 saturated carbocycles. The number of rotatable bonds is 6. The van der Waals surface area contributed by atoms with E-state index in [0.29, 0.717) is 5.92 Å². The highest BCUT2D eigenvalue weighted by Crippen LogP contribution is 2.23. The van der Waals surface area contributed by atoms with Gasteiger partial charge < -0.3 is 9.64 Å². The average Bonchev–Trinajstić information content (AvgIpc) is 2.48. The Morgan fingerprint density at radius 3 is 2.53 bits per heavy atom. The van der Waals surface area contributed by atoms with Gasteiger partial charge in [-0.1, -0.05) is 30.3 Å². The van der Waals surface area contributed by atoms with Crippen molar-refractivity contribution in [2.45, 2.75) is 18.8 Å². The Bertz CT molecular complexity index is 349. The maximum absolute atomic E-state index is 5.26. The molecule has 1 fully saturated rings. The van der Waals surface area contributed by atoms with Crippen molar-refractivity contribution in [1.29, 1.82) is 0 Å². The van der Waals surface area contributed by atoms with Gasteiger partial charge in [0, 0.05) is 26.2 Å². The number of methoxy groups -OCH3 is 1. The molecule has 2 rings (SSSR count). The van der Waals surface area contributed by atoms with Crippen LogP contribution in [0.1, 0.15) is 24.3 Å². The topological polar surface area (TPSA) is 12.5 Å². The molecule has 3 heteroatoms. The molecule has 1 aliphatic heterocycles. The number of piperidine rings is 1. The van der Waals surface area contributed by atoms with E-state index in [0.717, 1.165) is 24.8 Å². The zero-order valence-corrected chi connectivity index (χ0v) is 12.7. The molecule has 0 bridgehead atoms. The monoisotopic (exact) mass is 279 g/mol. The summed E-state index contributed by atoms with van der Waals surface area (Å²) >= 11 is 4.53. The number of nitrogens with zero attached hydrogens (tertiary/aromatic N) is 1. The Hall–Kier alpha value is -0.510. The average molecular weight is 279 g/mol. The van der Waals surface area contributed by atoms with Crippen LogP contribution in [0.15, 0.2) is 30.3 Å². The molecule has 0 radical (unpaired) electrons. The Morgan fingerprint density at radius 2 is 1.95 bits per heavy atom. The van der Waals surface area contributed by atoms with Gasteiger partial charge in [-0.15, -0.1) is 0 Å². The number of thiol groups is 1. The third-order valence-corrected chi connectivity index (χ3v) is 4.52. The first kappa shape index (κ1) is 14.9. The molecule has 0 spiro atoms. The highest BCUT2D eigenvalue weighted by atomic mass is 32.1. The fraction of sp³-hybridized carbons (Fsp3) is 0.625. The molecule has 1 atom stereocenters. The van der Waals surface area contributed by atoms with Gasteiger partial charge in [0.2, 0.25) is 0 Å². The highest BCUT2D eigenvalue weighted by molar-refractivity contribution is 7.80. The predicted molar refractivity (Wildman–Crippen MR) is 84.1 cm³/mol. The van der Waals surface area contributed by atoms with Crippen LogP contribution in [0.2, 0.25) is 0 Å². The molecule has 2 nitrogen and oxygen atoms in total. The molecule has 0 N–H and O–H groups in total. The lowest BCUT2D eigenvalue weighted by atomic mass is 9.95. The third kappa shape index (κ3) is 4.51. The van der Waals surface area contributed by atoms with Gasteiger partial charge in [0.25, 0.3) is 0 Å². The minimum atomic E-state index is 0.545. The van der Waals surface area contributed by atoms with Crippen LogP contribution < -0.4 is 0 Å². The van der Waals surface area contributed by atoms with Crippen molar-refractivity contribution in [3.05, 3.63) is 35.9 Å². The standard InChI is InChI=1S/C16H25NOS/c1-18-12-14-7-9-17(10-8-14)11-16(13-19)15-5-3-2-4-6-15/h2-6,14,16,19H,7-13H2,1H3. The van der Waals surface area contributed by atoms with Crippen molar-refractivity contribution in [3.63, 3.8) is 0 Å². The van der Waals surface area contributed by atoms with Crippen LogP contribution in [-0.4, -0.2) is 44.0 Å². The quantitative estimate of drug-likeness (QED) is 0.804. The maximum Gasteiger partial charge on any atom is 0.0491 e. The van der Waals surface area contributed by atoms with Crippen LogP contribution in [0.25, 0.3) is 0 Å². The fourth-order valence-electron chi connectivity index (χ4n) is 2.88. The summed E-state index contributed by atoms with van der Waals surface area (Å²) in [6.07, 6.45) is 2.53. The van der Waals surface area contributed by atoms with E-state index in [1.54, 1.807) is 7.11 Å². The summed E-state index contributed by atoms with van der Waals surface area (Å²) in [7, 11) is 1.80. The van der Waals surface area contributed by atoms with Gasteiger partial charge in [-0.05, 0) is 43.2 Å². The fourth-order valence-corrected chi connectivity index (χ4v) is 3.20. The minimum Gasteiger partial charge on any atom is -0.384 e. The molecule has 1 unspecified atom stereocenters. The summed E-state index contributed by atoms with van der Waals surface area (Å²) in [6, 6.07) is 10.8. The number of benzene rings is 1. The van der Waals surface area contributed by atoms with Crippen LogP contribution in [0.3, 0.4) is 0 Å². The van der Waals surface area contributed by atoms with Gasteiger partial charge >= 0.3 is 0 Å². The van der Waals surface area contributed by atoms with Gasteiger partial charge in [-0.3, -0.25) is 0 Å². The van der Waals surface area contributed by atoms with E-state index in [9.17, 15) is 0 Å². The molecule has 1 heterocycles. The molecule has 19 heavy (non-hydrogen) atoms. The van der Waals surface area contributed by atoms with Gasteiger partial charge in [0.05, 0.1) is 0 Å². The molecule has 0 amide bonds. The Morgan fingerprint density at radius 1 is 1.26 bits per heavy atom. The highest BCUT2D eigenvalue weighted by Gasteiger charge is 2.21. The molecule has 0 aliphatic carbocycles. The lowest BCUT2D eigenvalue weighted by Gasteiger charge is -2.33. The van der Waals surface area contributed by atoms with E-state index in [2.05, 4.69) is 47.9 Å². The van der Waals surface area contributed by atoms with E-state index in [1.165, 1.54) is 31.5 Å². The number of hydrogen-bond donors (Lipinski definition) is 1. The third-order valence-electron chi connectivity index (χ3n) is 4.08. The smallest absolute Gasteiger partial charge is 0.0491 e. The van der Waals surface area contributed by atoms with Crippen molar-refractivity contribution in [1.82, 2.24) is 4.90 Å². The van der Waals surface area contributed by atoms with Gasteiger partial charge in [-0.25, -0.2) is 0 Å². The predicted octanol–water partition coefficient (Wildman–Crippen LogP) is 3.06. The molecule has 1 aromatic rings. The van der Waals surface area contributed by atoms with E-state index >= 15 is 0 Å². The molecule has 106 valence electrons. The lowest BCUT2D eigenvalue weighted by Crippen LogP contribution is -2.37. The molecular weight excluding hydrogens is 254 g/mol. The number of hydrogen-bond acceptors (Lipinski definition) is 3. The van der Waals surface area contributed by atoms with Crippen LogP contribution in [0, 0.1) is 5.92 Å². The van der Waals surface area contributed by atoms with Crippen LogP contribution >= 0.6 is 12.6 Å².